The number of aryl methyl sites for hydroxylation is 1. The minimum Gasteiger partial charge on any atom is -0.488 e. The van der Waals surface area contributed by atoms with E-state index in [1.807, 2.05) is 30.3 Å². The standard InChI is InChI=1S/C49H42N4O5/c1-6-38-17-39(7-2)47(19-46(38)55-28-36-15-34(21-50)23-52-25-36)57-30-41-11-9-13-44(32(41)4)45-14-10-12-42(33(45)5)31-58-48-20-49(43(27-54)18-40(48)8-3)56-29-37-16-35(22-51)24-53-26-37/h7-20,23-27H,2-3,6,28-31H2,1,4-5H3. The second-order valence-corrected chi connectivity index (χ2v) is 13.5. The minimum atomic E-state index is 0.120. The Bertz CT molecular complexity index is 2580. The first-order valence-corrected chi connectivity index (χ1v) is 18.7. The van der Waals surface area contributed by atoms with Crippen molar-refractivity contribution in [3.8, 4) is 46.3 Å². The normalized spacial score (nSPS) is 10.5. The third kappa shape index (κ3) is 9.30. The van der Waals surface area contributed by atoms with Crippen LogP contribution in [-0.4, -0.2) is 16.3 Å². The van der Waals surface area contributed by atoms with Gasteiger partial charge < -0.3 is 18.9 Å². The van der Waals surface area contributed by atoms with Crippen molar-refractivity contribution in [2.75, 3.05) is 0 Å². The number of nitrogens with zero attached hydrogens (tertiary/aromatic N) is 4. The van der Waals surface area contributed by atoms with Gasteiger partial charge in [-0.3, -0.25) is 14.8 Å². The Balaban J connectivity index is 1.19. The van der Waals surface area contributed by atoms with Gasteiger partial charge in [0.2, 0.25) is 0 Å². The minimum absolute atomic E-state index is 0.120. The molecule has 0 spiro atoms. The maximum absolute atomic E-state index is 12.0. The van der Waals surface area contributed by atoms with Crippen LogP contribution in [0, 0.1) is 36.5 Å². The van der Waals surface area contributed by atoms with Crippen LogP contribution in [0.4, 0.5) is 0 Å². The molecule has 2 heterocycles. The molecule has 0 radical (unpaired) electrons. The van der Waals surface area contributed by atoms with Gasteiger partial charge in [0, 0.05) is 59.2 Å². The average Bonchev–Trinajstić information content (AvgIpc) is 3.26. The highest BCUT2D eigenvalue weighted by molar-refractivity contribution is 5.82. The molecule has 2 aromatic heterocycles. The predicted octanol–water partition coefficient (Wildman–Crippen LogP) is 10.5. The molecule has 0 amide bonds. The van der Waals surface area contributed by atoms with Crippen molar-refractivity contribution >= 4 is 18.4 Å². The molecule has 0 saturated carbocycles. The Labute approximate surface area is 339 Å². The summed E-state index contributed by atoms with van der Waals surface area (Å²) in [5, 5.41) is 18.5. The first-order chi connectivity index (χ1) is 28.3. The molecular weight excluding hydrogens is 725 g/mol. The van der Waals surface area contributed by atoms with Gasteiger partial charge >= 0.3 is 0 Å². The lowest BCUT2D eigenvalue weighted by atomic mass is 9.92. The first-order valence-electron chi connectivity index (χ1n) is 18.7. The molecule has 0 N–H and O–H groups in total. The number of ether oxygens (including phenoxy) is 4. The molecule has 0 saturated heterocycles. The molecule has 0 bridgehead atoms. The molecule has 0 unspecified atom stereocenters. The Morgan fingerprint density at radius 2 is 1.05 bits per heavy atom. The van der Waals surface area contributed by atoms with Crippen molar-refractivity contribution in [2.24, 2.45) is 0 Å². The van der Waals surface area contributed by atoms with E-state index in [1.165, 1.54) is 12.4 Å². The number of aldehydes is 1. The number of carbonyl (C=O) groups excluding carboxylic acids is 1. The van der Waals surface area contributed by atoms with Crippen LogP contribution in [-0.2, 0) is 32.8 Å². The van der Waals surface area contributed by atoms with Crippen LogP contribution in [0.5, 0.6) is 23.0 Å². The van der Waals surface area contributed by atoms with Gasteiger partial charge in [-0.05, 0) is 83.5 Å². The highest BCUT2D eigenvalue weighted by atomic mass is 16.5. The van der Waals surface area contributed by atoms with Crippen molar-refractivity contribution in [1.82, 2.24) is 9.97 Å². The van der Waals surface area contributed by atoms with Gasteiger partial charge in [-0.1, -0.05) is 68.6 Å². The van der Waals surface area contributed by atoms with E-state index in [4.69, 9.17) is 18.9 Å². The summed E-state index contributed by atoms with van der Waals surface area (Å²) in [5.74, 6) is 2.23. The Morgan fingerprint density at radius 3 is 1.53 bits per heavy atom. The number of pyridine rings is 2. The lowest BCUT2D eigenvalue weighted by Crippen LogP contribution is -2.05. The van der Waals surface area contributed by atoms with Crippen molar-refractivity contribution in [2.45, 2.75) is 53.6 Å². The second-order valence-electron chi connectivity index (χ2n) is 13.5. The van der Waals surface area contributed by atoms with E-state index < -0.39 is 0 Å². The second kappa shape index (κ2) is 18.9. The molecular formula is C49H42N4O5. The summed E-state index contributed by atoms with van der Waals surface area (Å²) in [5.41, 5.74) is 11.6. The summed E-state index contributed by atoms with van der Waals surface area (Å²) in [6, 6.07) is 27.4. The Morgan fingerprint density at radius 1 is 0.586 bits per heavy atom. The zero-order valence-corrected chi connectivity index (χ0v) is 32.7. The molecule has 0 atom stereocenters. The Hall–Kier alpha value is -7.49. The van der Waals surface area contributed by atoms with E-state index >= 15 is 0 Å². The van der Waals surface area contributed by atoms with Gasteiger partial charge in [-0.15, -0.1) is 0 Å². The molecule has 0 fully saturated rings. The van der Waals surface area contributed by atoms with Gasteiger partial charge in [-0.25, -0.2) is 0 Å². The topological polar surface area (TPSA) is 127 Å². The summed E-state index contributed by atoms with van der Waals surface area (Å²) in [6.45, 7) is 15.2. The predicted molar refractivity (Wildman–Crippen MR) is 224 cm³/mol. The monoisotopic (exact) mass is 766 g/mol. The molecule has 6 rings (SSSR count). The highest BCUT2D eigenvalue weighted by Crippen LogP contribution is 2.35. The van der Waals surface area contributed by atoms with Crippen LogP contribution in [0.2, 0.25) is 0 Å². The van der Waals surface area contributed by atoms with Gasteiger partial charge in [0.25, 0.3) is 0 Å². The van der Waals surface area contributed by atoms with E-state index in [2.05, 4.69) is 74.2 Å². The summed E-state index contributed by atoms with van der Waals surface area (Å²) in [6.07, 6.45) is 11.2. The quantitative estimate of drug-likeness (QED) is 0.0833. The number of carbonyl (C=O) groups is 1. The fourth-order valence-corrected chi connectivity index (χ4v) is 6.57. The third-order valence-corrected chi connectivity index (χ3v) is 9.87. The van der Waals surface area contributed by atoms with E-state index in [0.29, 0.717) is 57.4 Å². The molecule has 288 valence electrons. The molecule has 6 aromatic rings. The van der Waals surface area contributed by atoms with Crippen LogP contribution >= 0.6 is 0 Å². The average molecular weight is 767 g/mol. The number of hydrogen-bond acceptors (Lipinski definition) is 9. The number of rotatable bonds is 17. The maximum atomic E-state index is 12.0. The fourth-order valence-electron chi connectivity index (χ4n) is 6.57. The largest absolute Gasteiger partial charge is 0.488 e. The van der Waals surface area contributed by atoms with Crippen molar-refractivity contribution in [1.29, 1.82) is 10.5 Å². The number of benzene rings is 4. The lowest BCUT2D eigenvalue weighted by Gasteiger charge is -2.19. The van der Waals surface area contributed by atoms with E-state index in [-0.39, 0.29) is 19.8 Å². The van der Waals surface area contributed by atoms with Crippen molar-refractivity contribution in [3.05, 3.63) is 178 Å². The molecule has 0 aliphatic rings. The van der Waals surface area contributed by atoms with Crippen molar-refractivity contribution < 1.29 is 23.7 Å². The summed E-state index contributed by atoms with van der Waals surface area (Å²) >= 11 is 0. The summed E-state index contributed by atoms with van der Waals surface area (Å²) in [4.78, 5) is 20.2. The molecule has 58 heavy (non-hydrogen) atoms. The molecule has 4 aromatic carbocycles. The molecule has 0 aliphatic carbocycles. The van der Waals surface area contributed by atoms with Gasteiger partial charge in [0.05, 0.1) is 16.7 Å². The lowest BCUT2D eigenvalue weighted by molar-refractivity contribution is 0.111. The van der Waals surface area contributed by atoms with E-state index in [9.17, 15) is 15.3 Å². The van der Waals surface area contributed by atoms with E-state index in [0.717, 1.165) is 62.8 Å². The molecule has 0 aliphatic heterocycles. The summed E-state index contributed by atoms with van der Waals surface area (Å²) in [7, 11) is 0. The molecule has 9 heteroatoms. The molecule has 9 nitrogen and oxygen atoms in total. The summed E-state index contributed by atoms with van der Waals surface area (Å²) < 4.78 is 25.1. The van der Waals surface area contributed by atoms with Gasteiger partial charge in [-0.2, -0.15) is 10.5 Å². The number of nitriles is 2. The van der Waals surface area contributed by atoms with Crippen LogP contribution in [0.25, 0.3) is 23.3 Å². The van der Waals surface area contributed by atoms with Crippen LogP contribution in [0.15, 0.2) is 111 Å². The third-order valence-electron chi connectivity index (χ3n) is 9.87. The van der Waals surface area contributed by atoms with Crippen LogP contribution in [0.3, 0.4) is 0 Å². The Kier molecular flexibility index (Phi) is 13.1. The fraction of sp³-hybridized carbons (Fsp3) is 0.163. The van der Waals surface area contributed by atoms with Gasteiger partial charge in [0.1, 0.15) is 61.6 Å². The zero-order valence-electron chi connectivity index (χ0n) is 32.7. The van der Waals surface area contributed by atoms with Crippen LogP contribution < -0.4 is 18.9 Å². The smallest absolute Gasteiger partial charge is 0.153 e. The SMILES string of the molecule is C=Cc1cc(C=O)c(OCc2cncc(C#N)c2)cc1OCc1cccc(-c2cccc(COc3cc(OCc4cncc(C#N)c4)c(CC)cc3C=C)c2C)c1C. The first kappa shape index (κ1) is 40.2. The highest BCUT2D eigenvalue weighted by Gasteiger charge is 2.16. The van der Waals surface area contributed by atoms with E-state index in [1.54, 1.807) is 48.8 Å². The van der Waals surface area contributed by atoms with Crippen molar-refractivity contribution in [3.63, 3.8) is 0 Å². The maximum Gasteiger partial charge on any atom is 0.153 e. The number of hydrogen-bond donors (Lipinski definition) is 0. The van der Waals surface area contributed by atoms with Gasteiger partial charge in [0.15, 0.2) is 6.29 Å². The zero-order chi connectivity index (χ0) is 41.0. The van der Waals surface area contributed by atoms with Crippen LogP contribution in [0.1, 0.15) is 78.5 Å². The number of aromatic nitrogens is 2.